The number of anilines is 1. The Labute approximate surface area is 101 Å². The highest BCUT2D eigenvalue weighted by molar-refractivity contribution is 7.92. The van der Waals surface area contributed by atoms with E-state index in [0.29, 0.717) is 5.69 Å². The lowest BCUT2D eigenvalue weighted by Gasteiger charge is -2.10. The van der Waals surface area contributed by atoms with E-state index >= 15 is 0 Å². The average molecular weight is 246 g/mol. The minimum atomic E-state index is -3.28. The number of hydrogen-bond donors (Lipinski definition) is 1. The van der Waals surface area contributed by atoms with Gasteiger partial charge in [-0.25, -0.2) is 8.42 Å². The Morgan fingerprint density at radius 2 is 1.82 bits per heavy atom. The molecule has 87 valence electrons. The van der Waals surface area contributed by atoms with E-state index in [9.17, 15) is 8.42 Å². The van der Waals surface area contributed by atoms with Crippen molar-refractivity contribution in [2.24, 2.45) is 0 Å². The van der Waals surface area contributed by atoms with Crippen LogP contribution in [0.3, 0.4) is 0 Å². The van der Waals surface area contributed by atoms with Gasteiger partial charge in [-0.3, -0.25) is 4.72 Å². The normalized spacial score (nSPS) is 11.1. The lowest BCUT2D eigenvalue weighted by atomic mass is 10.0. The van der Waals surface area contributed by atoms with Crippen molar-refractivity contribution in [3.63, 3.8) is 0 Å². The number of hydrogen-bond acceptors (Lipinski definition) is 2. The highest BCUT2D eigenvalue weighted by atomic mass is 32.2. The molecule has 0 spiro atoms. The van der Waals surface area contributed by atoms with Crippen molar-refractivity contribution in [2.75, 3.05) is 11.0 Å². The smallest absolute Gasteiger partial charge is 0.229 e. The summed E-state index contributed by atoms with van der Waals surface area (Å²) in [6.07, 6.45) is 1.13. The summed E-state index contributed by atoms with van der Waals surface area (Å²) in [6, 6.07) is 17.7. The van der Waals surface area contributed by atoms with Gasteiger partial charge in [0.25, 0.3) is 0 Å². The standard InChI is InChI=1S/C13H12NO2S/c1-17(15,16)14-13-10-6-5-9-12(13)11-7-3-2-4-8-11/h2-5,7-10,14H,1H3. The minimum Gasteiger partial charge on any atom is -0.283 e. The number of nitrogens with one attached hydrogen (secondary N) is 1. The van der Waals surface area contributed by atoms with Crippen LogP contribution in [0.5, 0.6) is 0 Å². The monoisotopic (exact) mass is 246 g/mol. The van der Waals surface area contributed by atoms with E-state index < -0.39 is 10.0 Å². The molecule has 1 N–H and O–H groups in total. The van der Waals surface area contributed by atoms with Gasteiger partial charge in [0.15, 0.2) is 0 Å². The second-order valence-electron chi connectivity index (χ2n) is 3.71. The Morgan fingerprint density at radius 1 is 1.12 bits per heavy atom. The molecule has 0 unspecified atom stereocenters. The first-order valence-corrected chi connectivity index (χ1v) is 6.99. The fourth-order valence-corrected chi connectivity index (χ4v) is 2.15. The molecule has 0 saturated heterocycles. The van der Waals surface area contributed by atoms with Crippen LogP contribution in [0.2, 0.25) is 0 Å². The molecule has 3 nitrogen and oxygen atoms in total. The van der Waals surface area contributed by atoms with Crippen molar-refractivity contribution in [2.45, 2.75) is 0 Å². The first-order valence-electron chi connectivity index (χ1n) is 5.09. The maximum Gasteiger partial charge on any atom is 0.229 e. The minimum absolute atomic E-state index is 0.543. The van der Waals surface area contributed by atoms with Crippen molar-refractivity contribution >= 4 is 15.7 Å². The Hall–Kier alpha value is -1.81. The van der Waals surface area contributed by atoms with Gasteiger partial charge in [-0.15, -0.1) is 0 Å². The highest BCUT2D eigenvalue weighted by Crippen LogP contribution is 2.27. The second kappa shape index (κ2) is 4.59. The zero-order valence-corrected chi connectivity index (χ0v) is 10.2. The van der Waals surface area contributed by atoms with Crippen molar-refractivity contribution in [3.05, 3.63) is 54.6 Å². The van der Waals surface area contributed by atoms with Crippen LogP contribution in [-0.2, 0) is 10.0 Å². The summed E-state index contributed by atoms with van der Waals surface area (Å²) in [5, 5.41) is 0. The van der Waals surface area contributed by atoms with E-state index in [1.165, 1.54) is 0 Å². The predicted octanol–water partition coefficient (Wildman–Crippen LogP) is 2.53. The van der Waals surface area contributed by atoms with Crippen molar-refractivity contribution < 1.29 is 8.42 Å². The Kier molecular flexibility index (Phi) is 3.15. The lowest BCUT2D eigenvalue weighted by Crippen LogP contribution is -2.10. The molecule has 0 amide bonds. The number of sulfonamides is 1. The summed E-state index contributed by atoms with van der Waals surface area (Å²) in [5.41, 5.74) is 2.35. The van der Waals surface area contributed by atoms with Crippen LogP contribution < -0.4 is 4.72 Å². The number of benzene rings is 2. The van der Waals surface area contributed by atoms with Crippen LogP contribution in [0.25, 0.3) is 11.1 Å². The quantitative estimate of drug-likeness (QED) is 0.904. The van der Waals surface area contributed by atoms with Gasteiger partial charge in [0.2, 0.25) is 10.0 Å². The first-order chi connectivity index (χ1) is 8.06. The molecule has 0 aromatic heterocycles. The summed E-state index contributed by atoms with van der Waals surface area (Å²) in [7, 11) is -3.28. The fourth-order valence-electron chi connectivity index (χ4n) is 1.58. The molecule has 0 bridgehead atoms. The van der Waals surface area contributed by atoms with Crippen LogP contribution >= 0.6 is 0 Å². The van der Waals surface area contributed by atoms with Crippen LogP contribution in [0, 0.1) is 6.07 Å². The largest absolute Gasteiger partial charge is 0.283 e. The van der Waals surface area contributed by atoms with Gasteiger partial charge < -0.3 is 0 Å². The summed E-state index contributed by atoms with van der Waals surface area (Å²) < 4.78 is 25.0. The van der Waals surface area contributed by atoms with E-state index in [1.54, 1.807) is 12.1 Å². The Balaban J connectivity index is 2.49. The molecule has 4 heteroatoms. The zero-order chi connectivity index (χ0) is 12.3. The van der Waals surface area contributed by atoms with Crippen LogP contribution in [0.15, 0.2) is 48.5 Å². The predicted molar refractivity (Wildman–Crippen MR) is 69.2 cm³/mol. The van der Waals surface area contributed by atoms with Gasteiger partial charge in [0.05, 0.1) is 11.9 Å². The molecule has 0 heterocycles. The lowest BCUT2D eigenvalue weighted by molar-refractivity contribution is 0.607. The summed E-state index contributed by atoms with van der Waals surface area (Å²) in [6.45, 7) is 0. The fraction of sp³-hybridized carbons (Fsp3) is 0.0769. The van der Waals surface area contributed by atoms with Crippen LogP contribution in [0.1, 0.15) is 0 Å². The molecule has 0 aliphatic heterocycles. The van der Waals surface area contributed by atoms with Gasteiger partial charge in [0.1, 0.15) is 0 Å². The SMILES string of the molecule is CS(=O)(=O)Nc1c[c]ccc1-c1ccccc1. The molecule has 2 aromatic carbocycles. The molecule has 0 atom stereocenters. The third-order valence-electron chi connectivity index (χ3n) is 2.24. The molecule has 0 fully saturated rings. The van der Waals surface area contributed by atoms with Crippen molar-refractivity contribution in [3.8, 4) is 11.1 Å². The molecule has 17 heavy (non-hydrogen) atoms. The van der Waals surface area contributed by atoms with Crippen molar-refractivity contribution in [1.29, 1.82) is 0 Å². The first kappa shape index (κ1) is 11.7. The average Bonchev–Trinajstić information content (AvgIpc) is 2.29. The maximum absolute atomic E-state index is 11.3. The molecular weight excluding hydrogens is 234 g/mol. The molecule has 1 radical (unpaired) electrons. The molecule has 2 aromatic rings. The van der Waals surface area contributed by atoms with E-state index in [0.717, 1.165) is 17.4 Å². The zero-order valence-electron chi connectivity index (χ0n) is 9.34. The molecule has 0 aliphatic carbocycles. The number of rotatable bonds is 3. The van der Waals surface area contributed by atoms with Crippen LogP contribution in [-0.4, -0.2) is 14.7 Å². The van der Waals surface area contributed by atoms with Gasteiger partial charge in [-0.1, -0.05) is 42.5 Å². The van der Waals surface area contributed by atoms with E-state index in [2.05, 4.69) is 10.8 Å². The van der Waals surface area contributed by atoms with E-state index in [1.807, 2.05) is 36.4 Å². The molecule has 0 saturated carbocycles. The van der Waals surface area contributed by atoms with Gasteiger partial charge in [0, 0.05) is 5.56 Å². The summed E-state index contributed by atoms with van der Waals surface area (Å²) in [4.78, 5) is 0. The highest BCUT2D eigenvalue weighted by Gasteiger charge is 2.07. The Morgan fingerprint density at radius 3 is 2.47 bits per heavy atom. The third-order valence-corrected chi connectivity index (χ3v) is 2.83. The van der Waals surface area contributed by atoms with Gasteiger partial charge >= 0.3 is 0 Å². The second-order valence-corrected chi connectivity index (χ2v) is 5.46. The van der Waals surface area contributed by atoms with E-state index in [4.69, 9.17) is 0 Å². The van der Waals surface area contributed by atoms with Crippen LogP contribution in [0.4, 0.5) is 5.69 Å². The Bertz CT molecular complexity index is 606. The molecule has 2 rings (SSSR count). The topological polar surface area (TPSA) is 46.2 Å². The maximum atomic E-state index is 11.3. The molecule has 0 aliphatic rings. The molecular formula is C13H12NO2S. The summed E-state index contributed by atoms with van der Waals surface area (Å²) >= 11 is 0. The van der Waals surface area contributed by atoms with E-state index in [-0.39, 0.29) is 0 Å². The summed E-state index contributed by atoms with van der Waals surface area (Å²) in [5.74, 6) is 0. The third kappa shape index (κ3) is 3.07. The van der Waals surface area contributed by atoms with Gasteiger partial charge in [-0.05, 0) is 17.7 Å². The van der Waals surface area contributed by atoms with Gasteiger partial charge in [-0.2, -0.15) is 0 Å². The van der Waals surface area contributed by atoms with Crippen molar-refractivity contribution in [1.82, 2.24) is 0 Å².